The molecule has 2 aromatic rings. The maximum absolute atomic E-state index is 14.2. The molecule has 0 spiro atoms. The van der Waals surface area contributed by atoms with Crippen molar-refractivity contribution in [2.24, 2.45) is 0 Å². The van der Waals surface area contributed by atoms with Crippen LogP contribution in [0.3, 0.4) is 0 Å². The van der Waals surface area contributed by atoms with Crippen molar-refractivity contribution < 1.29 is 21.8 Å². The minimum Gasteiger partial charge on any atom is -0.249 e. The summed E-state index contributed by atoms with van der Waals surface area (Å²) in [7, 11) is -2.19. The Bertz CT molecular complexity index is 682. The standard InChI is InChI=1S/C16H14F4OS/c1-3-9-11(17)5-7-13(15(9)19)22(21)14-8-6-12(18)10(4-2)16(14)20/h5-8H,3-4H2,1-2H3. The number of halogens is 4. The molecule has 0 aliphatic heterocycles. The number of hydrogen-bond acceptors (Lipinski definition) is 1. The fraction of sp³-hybridized carbons (Fsp3) is 0.250. The predicted molar refractivity (Wildman–Crippen MR) is 76.1 cm³/mol. The van der Waals surface area contributed by atoms with Gasteiger partial charge in [-0.1, -0.05) is 13.8 Å². The predicted octanol–water partition coefficient (Wildman–Crippen LogP) is 4.53. The largest absolute Gasteiger partial charge is 0.249 e. The quantitative estimate of drug-likeness (QED) is 0.753. The van der Waals surface area contributed by atoms with Crippen LogP contribution in [-0.4, -0.2) is 4.21 Å². The molecule has 118 valence electrons. The summed E-state index contributed by atoms with van der Waals surface area (Å²) >= 11 is 0. The van der Waals surface area contributed by atoms with E-state index in [0.29, 0.717) is 0 Å². The molecule has 1 nitrogen and oxygen atoms in total. The lowest BCUT2D eigenvalue weighted by Gasteiger charge is -2.11. The third-order valence-electron chi connectivity index (χ3n) is 3.41. The Morgan fingerprint density at radius 3 is 1.45 bits per heavy atom. The van der Waals surface area contributed by atoms with Gasteiger partial charge < -0.3 is 0 Å². The van der Waals surface area contributed by atoms with E-state index in [-0.39, 0.29) is 33.8 Å². The van der Waals surface area contributed by atoms with E-state index in [9.17, 15) is 21.8 Å². The summed E-state index contributed by atoms with van der Waals surface area (Å²) in [5, 5.41) is 0. The molecule has 0 aromatic heterocycles. The van der Waals surface area contributed by atoms with E-state index in [4.69, 9.17) is 0 Å². The van der Waals surface area contributed by atoms with Crippen LogP contribution in [0.5, 0.6) is 0 Å². The minimum atomic E-state index is -2.19. The van der Waals surface area contributed by atoms with Gasteiger partial charge in [-0.2, -0.15) is 0 Å². The van der Waals surface area contributed by atoms with E-state index < -0.39 is 34.1 Å². The highest BCUT2D eigenvalue weighted by atomic mass is 32.2. The average Bonchev–Trinajstić information content (AvgIpc) is 2.48. The second kappa shape index (κ2) is 6.60. The van der Waals surface area contributed by atoms with Crippen LogP contribution in [0.15, 0.2) is 34.1 Å². The first-order valence-electron chi connectivity index (χ1n) is 6.77. The lowest BCUT2D eigenvalue weighted by Crippen LogP contribution is -2.06. The molecule has 0 heterocycles. The first-order chi connectivity index (χ1) is 10.4. The van der Waals surface area contributed by atoms with Crippen molar-refractivity contribution in [3.63, 3.8) is 0 Å². The third-order valence-corrected chi connectivity index (χ3v) is 4.84. The highest BCUT2D eigenvalue weighted by Gasteiger charge is 2.22. The Morgan fingerprint density at radius 1 is 0.773 bits per heavy atom. The second-order valence-electron chi connectivity index (χ2n) is 4.65. The first kappa shape index (κ1) is 16.7. The van der Waals surface area contributed by atoms with Crippen molar-refractivity contribution in [1.29, 1.82) is 0 Å². The molecule has 0 unspecified atom stereocenters. The van der Waals surface area contributed by atoms with Gasteiger partial charge in [0.1, 0.15) is 23.3 Å². The van der Waals surface area contributed by atoms with Gasteiger partial charge >= 0.3 is 0 Å². The maximum Gasteiger partial charge on any atom is 0.145 e. The summed E-state index contributed by atoms with van der Waals surface area (Å²) in [5.74, 6) is -3.39. The molecule has 0 aliphatic rings. The van der Waals surface area contributed by atoms with Crippen LogP contribution >= 0.6 is 0 Å². The van der Waals surface area contributed by atoms with E-state index in [1.165, 1.54) is 0 Å². The van der Waals surface area contributed by atoms with Gasteiger partial charge in [-0.15, -0.1) is 0 Å². The summed E-state index contributed by atoms with van der Waals surface area (Å²) in [6, 6.07) is 4.04. The highest BCUT2D eigenvalue weighted by Crippen LogP contribution is 2.27. The van der Waals surface area contributed by atoms with Crippen LogP contribution in [0.2, 0.25) is 0 Å². The van der Waals surface area contributed by atoms with Crippen molar-refractivity contribution >= 4 is 10.8 Å². The van der Waals surface area contributed by atoms with E-state index in [0.717, 1.165) is 24.3 Å². The first-order valence-corrected chi connectivity index (χ1v) is 7.92. The Hall–Kier alpha value is -1.69. The Balaban J connectivity index is 2.59. The van der Waals surface area contributed by atoms with Gasteiger partial charge in [0.15, 0.2) is 0 Å². The molecule has 0 radical (unpaired) electrons. The minimum absolute atomic E-state index is 0.0782. The zero-order valence-corrected chi connectivity index (χ0v) is 12.9. The summed E-state index contributed by atoms with van der Waals surface area (Å²) in [5.41, 5.74) is -0.409. The normalized spacial score (nSPS) is 11.2. The van der Waals surface area contributed by atoms with Crippen LogP contribution in [0, 0.1) is 23.3 Å². The molecular formula is C16H14F4OS. The Labute approximate surface area is 128 Å². The summed E-state index contributed by atoms with van der Waals surface area (Å²) in [6.07, 6.45) is 0.156. The SMILES string of the molecule is CCc1c(F)ccc(S(=O)c2ccc(F)c(CC)c2F)c1F. The molecule has 0 aliphatic carbocycles. The monoisotopic (exact) mass is 330 g/mol. The van der Waals surface area contributed by atoms with E-state index in [1.54, 1.807) is 13.8 Å². The maximum atomic E-state index is 14.2. The van der Waals surface area contributed by atoms with Crippen LogP contribution in [0.25, 0.3) is 0 Å². The number of rotatable bonds is 4. The van der Waals surface area contributed by atoms with Crippen molar-refractivity contribution in [3.05, 3.63) is 58.7 Å². The van der Waals surface area contributed by atoms with Crippen LogP contribution in [-0.2, 0) is 23.6 Å². The second-order valence-corrected chi connectivity index (χ2v) is 6.07. The lowest BCUT2D eigenvalue weighted by atomic mass is 10.1. The van der Waals surface area contributed by atoms with Gasteiger partial charge in [0.25, 0.3) is 0 Å². The summed E-state index contributed by atoms with van der Waals surface area (Å²) < 4.78 is 67.9. The fourth-order valence-corrected chi connectivity index (χ4v) is 3.40. The van der Waals surface area contributed by atoms with Crippen molar-refractivity contribution in [3.8, 4) is 0 Å². The fourth-order valence-electron chi connectivity index (χ4n) is 2.21. The van der Waals surface area contributed by atoms with E-state index in [1.807, 2.05) is 0 Å². The molecule has 6 heteroatoms. The van der Waals surface area contributed by atoms with Gasteiger partial charge in [0.2, 0.25) is 0 Å². The van der Waals surface area contributed by atoms with Crippen LogP contribution < -0.4 is 0 Å². The molecule has 2 rings (SSSR count). The molecule has 0 amide bonds. The molecular weight excluding hydrogens is 316 g/mol. The van der Waals surface area contributed by atoms with Gasteiger partial charge in [0, 0.05) is 11.1 Å². The van der Waals surface area contributed by atoms with Crippen LogP contribution in [0.1, 0.15) is 25.0 Å². The van der Waals surface area contributed by atoms with E-state index >= 15 is 0 Å². The average molecular weight is 330 g/mol. The zero-order valence-electron chi connectivity index (χ0n) is 12.1. The molecule has 0 N–H and O–H groups in total. The van der Waals surface area contributed by atoms with Gasteiger partial charge in [0.05, 0.1) is 20.6 Å². The lowest BCUT2D eigenvalue weighted by molar-refractivity contribution is 0.532. The highest BCUT2D eigenvalue weighted by molar-refractivity contribution is 7.85. The molecule has 0 saturated carbocycles. The van der Waals surface area contributed by atoms with Gasteiger partial charge in [-0.05, 0) is 37.1 Å². The van der Waals surface area contributed by atoms with Crippen LogP contribution in [0.4, 0.5) is 17.6 Å². The molecule has 0 saturated heterocycles. The van der Waals surface area contributed by atoms with E-state index in [2.05, 4.69) is 0 Å². The Morgan fingerprint density at radius 2 is 1.14 bits per heavy atom. The number of benzene rings is 2. The van der Waals surface area contributed by atoms with Gasteiger partial charge in [-0.3, -0.25) is 0 Å². The summed E-state index contributed by atoms with van der Waals surface area (Å²) in [4.78, 5) is -0.628. The van der Waals surface area contributed by atoms with Crippen molar-refractivity contribution in [2.75, 3.05) is 0 Å². The number of hydrogen-bond donors (Lipinski definition) is 0. The molecule has 2 aromatic carbocycles. The van der Waals surface area contributed by atoms with Crippen molar-refractivity contribution in [2.45, 2.75) is 36.5 Å². The van der Waals surface area contributed by atoms with Gasteiger partial charge in [-0.25, -0.2) is 21.8 Å². The Kier molecular flexibility index (Phi) is 5.01. The summed E-state index contributed by atoms with van der Waals surface area (Å²) in [6.45, 7) is 3.11. The topological polar surface area (TPSA) is 17.1 Å². The molecule has 0 bridgehead atoms. The molecule has 0 fully saturated rings. The third kappa shape index (κ3) is 2.79. The zero-order chi connectivity index (χ0) is 16.4. The van der Waals surface area contributed by atoms with Crippen molar-refractivity contribution in [1.82, 2.24) is 0 Å². The smallest absolute Gasteiger partial charge is 0.145 e. The molecule has 22 heavy (non-hydrogen) atoms. The molecule has 0 atom stereocenters.